The Labute approximate surface area is 232 Å². The summed E-state index contributed by atoms with van der Waals surface area (Å²) in [6, 6.07) is 39.1. The van der Waals surface area contributed by atoms with Crippen LogP contribution in [0, 0.1) is 13.8 Å². The van der Waals surface area contributed by atoms with Crippen LogP contribution < -0.4 is 9.80 Å². The third-order valence-corrected chi connectivity index (χ3v) is 8.28. The van der Waals surface area contributed by atoms with Gasteiger partial charge in [-0.1, -0.05) is 91.0 Å². The molecule has 4 nitrogen and oxygen atoms in total. The van der Waals surface area contributed by atoms with Crippen molar-refractivity contribution in [1.29, 1.82) is 0 Å². The minimum Gasteiger partial charge on any atom is -0.326 e. The van der Waals surface area contributed by atoms with Gasteiger partial charge in [0.2, 0.25) is 0 Å². The Kier molecular flexibility index (Phi) is 6.40. The molecule has 2 aliphatic heterocycles. The maximum Gasteiger partial charge on any atom is 0.169 e. The van der Waals surface area contributed by atoms with Crippen LogP contribution in [0.15, 0.2) is 134 Å². The fourth-order valence-electron chi connectivity index (χ4n) is 6.35. The molecule has 196 valence electrons. The summed E-state index contributed by atoms with van der Waals surface area (Å²) in [5.74, 6) is 0. The van der Waals surface area contributed by atoms with Crippen molar-refractivity contribution >= 4 is 11.4 Å². The molecule has 2 heterocycles. The molecule has 0 radical (unpaired) electrons. The van der Waals surface area contributed by atoms with Gasteiger partial charge in [0.25, 0.3) is 0 Å². The number of hydrogen-bond donors (Lipinski definition) is 0. The number of para-hydroxylation sites is 2. The Hall–Kier alpha value is -4.44. The van der Waals surface area contributed by atoms with Gasteiger partial charge in [-0.25, -0.2) is 0 Å². The number of nitrogens with zero attached hydrogens (tertiary/aromatic N) is 4. The first kappa shape index (κ1) is 24.9. The summed E-state index contributed by atoms with van der Waals surface area (Å²) < 4.78 is 0. The second-order valence-corrected chi connectivity index (χ2v) is 10.5. The highest BCUT2D eigenvalue weighted by Gasteiger charge is 2.52. The molecule has 0 fully saturated rings. The molecule has 0 saturated carbocycles. The van der Waals surface area contributed by atoms with Gasteiger partial charge >= 0.3 is 0 Å². The second-order valence-electron chi connectivity index (χ2n) is 10.5. The van der Waals surface area contributed by atoms with Crippen LogP contribution in [0.2, 0.25) is 0 Å². The van der Waals surface area contributed by atoms with E-state index in [0.717, 1.165) is 0 Å². The number of anilines is 2. The number of hydrogen-bond acceptors (Lipinski definition) is 4. The van der Waals surface area contributed by atoms with Gasteiger partial charge in [-0.3, -0.25) is 0 Å². The van der Waals surface area contributed by atoms with Crippen molar-refractivity contribution < 1.29 is 0 Å². The van der Waals surface area contributed by atoms with Crippen LogP contribution in [0.5, 0.6) is 0 Å². The molecule has 39 heavy (non-hydrogen) atoms. The number of aryl methyl sites for hydroxylation is 2. The maximum absolute atomic E-state index is 2.53. The first-order chi connectivity index (χ1) is 19.0. The SMILES string of the molecule is Cc1ccccc1N1C=CN(C(c2ccccc2)(c2ccccc2C)N2C=CN(c3ccccc3)[C@@H]2C)[C@@H]1C. The Morgan fingerprint density at radius 1 is 0.513 bits per heavy atom. The molecule has 6 rings (SSSR count). The Balaban J connectivity index is 1.56. The molecule has 0 aliphatic carbocycles. The van der Waals surface area contributed by atoms with E-state index >= 15 is 0 Å². The lowest BCUT2D eigenvalue weighted by Crippen LogP contribution is -2.61. The monoisotopic (exact) mass is 512 g/mol. The van der Waals surface area contributed by atoms with E-state index in [9.17, 15) is 0 Å². The standard InChI is InChI=1S/C35H36N4/c1-27-15-11-13-21-33(27)35(31-17-7-5-8-18-31,38-25-23-36(29(38)3)32-19-9-6-10-20-32)39-26-24-37(30(39)4)34-22-14-12-16-28(34)2/h5-26,29-30H,1-4H3/t29-,30+,35?/m0/s1. The third kappa shape index (κ3) is 3.99. The first-order valence-electron chi connectivity index (χ1n) is 13.8. The van der Waals surface area contributed by atoms with Crippen molar-refractivity contribution in [2.75, 3.05) is 9.80 Å². The molecule has 4 heteroatoms. The summed E-state index contributed by atoms with van der Waals surface area (Å²) in [5.41, 5.74) is 6.84. The van der Waals surface area contributed by atoms with E-state index in [4.69, 9.17) is 0 Å². The van der Waals surface area contributed by atoms with E-state index in [1.807, 2.05) is 0 Å². The second kappa shape index (κ2) is 10.0. The van der Waals surface area contributed by atoms with Gasteiger partial charge in [-0.05, 0) is 57.0 Å². The molecular formula is C35H36N4. The van der Waals surface area contributed by atoms with Gasteiger partial charge < -0.3 is 19.6 Å². The van der Waals surface area contributed by atoms with E-state index in [1.165, 1.54) is 33.6 Å². The molecule has 3 atom stereocenters. The van der Waals surface area contributed by atoms with Crippen molar-refractivity contribution in [2.24, 2.45) is 0 Å². The zero-order chi connectivity index (χ0) is 27.0. The van der Waals surface area contributed by atoms with Crippen molar-refractivity contribution in [3.05, 3.63) is 156 Å². The third-order valence-electron chi connectivity index (χ3n) is 8.28. The smallest absolute Gasteiger partial charge is 0.169 e. The molecule has 0 amide bonds. The lowest BCUT2D eigenvalue weighted by Gasteiger charge is -2.54. The average Bonchev–Trinajstić information content (AvgIpc) is 3.55. The fourth-order valence-corrected chi connectivity index (χ4v) is 6.35. The predicted molar refractivity (Wildman–Crippen MR) is 162 cm³/mol. The highest BCUT2D eigenvalue weighted by Crippen LogP contribution is 2.48. The summed E-state index contributed by atoms with van der Waals surface area (Å²) in [7, 11) is 0. The van der Waals surface area contributed by atoms with Crippen molar-refractivity contribution in [3.8, 4) is 0 Å². The Morgan fingerprint density at radius 2 is 1.03 bits per heavy atom. The van der Waals surface area contributed by atoms with Crippen LogP contribution in [-0.2, 0) is 5.66 Å². The quantitative estimate of drug-likeness (QED) is 0.261. The van der Waals surface area contributed by atoms with Gasteiger partial charge in [0.1, 0.15) is 12.3 Å². The van der Waals surface area contributed by atoms with Crippen LogP contribution in [0.1, 0.15) is 36.1 Å². The molecule has 0 spiro atoms. The van der Waals surface area contributed by atoms with Gasteiger partial charge in [-0.15, -0.1) is 0 Å². The fraction of sp³-hybridized carbons (Fsp3) is 0.200. The van der Waals surface area contributed by atoms with Gasteiger partial charge in [0.05, 0.1) is 0 Å². The van der Waals surface area contributed by atoms with Gasteiger partial charge in [0, 0.05) is 47.3 Å². The van der Waals surface area contributed by atoms with Crippen LogP contribution in [0.25, 0.3) is 0 Å². The zero-order valence-electron chi connectivity index (χ0n) is 23.1. The maximum atomic E-state index is 2.53. The molecule has 0 saturated heterocycles. The van der Waals surface area contributed by atoms with E-state index in [0.29, 0.717) is 0 Å². The topological polar surface area (TPSA) is 13.0 Å². The molecule has 2 aliphatic rings. The van der Waals surface area contributed by atoms with Crippen molar-refractivity contribution in [1.82, 2.24) is 9.80 Å². The Bertz CT molecular complexity index is 1500. The van der Waals surface area contributed by atoms with Crippen molar-refractivity contribution in [2.45, 2.75) is 45.7 Å². The lowest BCUT2D eigenvalue weighted by atomic mass is 9.84. The van der Waals surface area contributed by atoms with Crippen molar-refractivity contribution in [3.63, 3.8) is 0 Å². The summed E-state index contributed by atoms with van der Waals surface area (Å²) in [6.07, 6.45) is 9.15. The molecular weight excluding hydrogens is 476 g/mol. The van der Waals surface area contributed by atoms with E-state index in [1.54, 1.807) is 0 Å². The minimum atomic E-state index is -0.598. The van der Waals surface area contributed by atoms with Crippen LogP contribution in [0.3, 0.4) is 0 Å². The Morgan fingerprint density at radius 3 is 1.67 bits per heavy atom. The first-order valence-corrected chi connectivity index (χ1v) is 13.8. The average molecular weight is 513 g/mol. The lowest BCUT2D eigenvalue weighted by molar-refractivity contribution is 0.00122. The van der Waals surface area contributed by atoms with Gasteiger partial charge in [-0.2, -0.15) is 0 Å². The van der Waals surface area contributed by atoms with Gasteiger partial charge in [0.15, 0.2) is 5.66 Å². The molecule has 4 aromatic rings. The largest absolute Gasteiger partial charge is 0.326 e. The van der Waals surface area contributed by atoms with Crippen LogP contribution >= 0.6 is 0 Å². The summed E-state index contributed by atoms with van der Waals surface area (Å²) in [5, 5.41) is 0. The molecule has 1 unspecified atom stereocenters. The zero-order valence-corrected chi connectivity index (χ0v) is 23.1. The molecule has 0 aromatic heterocycles. The van der Waals surface area contributed by atoms with Crippen LogP contribution in [-0.4, -0.2) is 22.1 Å². The summed E-state index contributed by atoms with van der Waals surface area (Å²) in [6.45, 7) is 9.03. The highest BCUT2D eigenvalue weighted by molar-refractivity contribution is 5.59. The minimum absolute atomic E-state index is 0.0669. The molecule has 4 aromatic carbocycles. The summed E-state index contributed by atoms with van der Waals surface area (Å²) >= 11 is 0. The highest BCUT2D eigenvalue weighted by atomic mass is 15.5. The summed E-state index contributed by atoms with van der Waals surface area (Å²) in [4.78, 5) is 9.82. The number of benzene rings is 4. The van der Waals surface area contributed by atoms with E-state index in [2.05, 4.69) is 181 Å². The predicted octanol–water partition coefficient (Wildman–Crippen LogP) is 7.78. The molecule has 0 bridgehead atoms. The van der Waals surface area contributed by atoms with E-state index in [-0.39, 0.29) is 12.3 Å². The van der Waals surface area contributed by atoms with E-state index < -0.39 is 5.66 Å². The normalized spacial score (nSPS) is 20.1. The molecule has 0 N–H and O–H groups in total. The number of rotatable bonds is 6. The van der Waals surface area contributed by atoms with Crippen LogP contribution in [0.4, 0.5) is 11.4 Å².